The Morgan fingerprint density at radius 2 is 1.61 bits per heavy atom. The number of sulfonamides is 1. The van der Waals surface area contributed by atoms with Crippen LogP contribution in [-0.2, 0) is 35.7 Å². The van der Waals surface area contributed by atoms with Gasteiger partial charge in [-0.2, -0.15) is 8.42 Å². The summed E-state index contributed by atoms with van der Waals surface area (Å²) in [4.78, 5) is 25.3. The minimum Gasteiger partial charge on any atom is -0.353 e. The molecule has 0 atom stereocenters. The summed E-state index contributed by atoms with van der Waals surface area (Å²) in [5.74, 6) is 0.500. The zero-order valence-electron chi connectivity index (χ0n) is 19.2. The van der Waals surface area contributed by atoms with Crippen molar-refractivity contribution in [2.75, 3.05) is 43.4 Å². The molecule has 1 fully saturated rings. The van der Waals surface area contributed by atoms with Gasteiger partial charge in [-0.1, -0.05) is 6.07 Å². The number of aromatic nitrogens is 2. The van der Waals surface area contributed by atoms with Crippen LogP contribution in [0.2, 0.25) is 0 Å². The summed E-state index contributed by atoms with van der Waals surface area (Å²) >= 11 is 0. The Hall–Kier alpha value is -1.08. The van der Waals surface area contributed by atoms with Crippen LogP contribution in [0, 0.1) is 0 Å². The maximum atomic E-state index is 12.9. The molecule has 0 unspecified atom stereocenters. The number of carbonyl (C=O) groups excluding carboxylic acids is 1. The first-order chi connectivity index (χ1) is 15.4. The fourth-order valence-electron chi connectivity index (χ4n) is 4.94. The van der Waals surface area contributed by atoms with Crippen LogP contribution in [0.4, 0.5) is 16.3 Å². The minimum atomic E-state index is -4.15. The third kappa shape index (κ3) is 5.29. The molecule has 0 saturated carbocycles. The van der Waals surface area contributed by atoms with Gasteiger partial charge >= 0.3 is 6.03 Å². The van der Waals surface area contributed by atoms with E-state index in [2.05, 4.69) is 31.0 Å². The molecule has 1 aromatic heterocycles. The third-order valence-electron chi connectivity index (χ3n) is 6.64. The number of aryl methyl sites for hydroxylation is 2. The molecule has 2 heterocycles. The summed E-state index contributed by atoms with van der Waals surface area (Å²) in [5.41, 5.74) is 5.65. The number of carbonyl (C=O) groups is 1. The Kier molecular flexibility index (Phi) is 7.78. The maximum Gasteiger partial charge on any atom is 0.333 e. The number of likely N-dealkylation sites (N-methyl/N-ethyl adjacent to an activating group) is 1. The molecule has 2 N–H and O–H groups in total. The number of amides is 2. The van der Waals surface area contributed by atoms with Gasteiger partial charge in [-0.25, -0.2) is 14.5 Å². The van der Waals surface area contributed by atoms with E-state index >= 15 is 0 Å². The zero-order chi connectivity index (χ0) is 22.3. The van der Waals surface area contributed by atoms with E-state index in [0.717, 1.165) is 81.5 Å². The zero-order valence-corrected chi connectivity index (χ0v) is 23.2. The monoisotopic (exact) mass is 495 g/mol. The number of hydrogen-bond acceptors (Lipinski definition) is 7. The predicted octanol–water partition coefficient (Wildman–Crippen LogP) is 1.34. The van der Waals surface area contributed by atoms with Gasteiger partial charge in [-0.3, -0.25) is 4.98 Å². The van der Waals surface area contributed by atoms with E-state index in [1.807, 2.05) is 11.9 Å². The number of fused-ring (bicyclic) bond motifs is 2. The van der Waals surface area contributed by atoms with Gasteiger partial charge in [0.05, 0.1) is 12.4 Å². The number of hydrogen-bond donors (Lipinski definition) is 2. The molecule has 1 radical (unpaired) electrons. The van der Waals surface area contributed by atoms with Crippen molar-refractivity contribution in [3.8, 4) is 0 Å². The van der Waals surface area contributed by atoms with Crippen LogP contribution in [0.1, 0.15) is 35.1 Å². The summed E-state index contributed by atoms with van der Waals surface area (Å²) in [5, 5.41) is 2.60. The Bertz CT molecular complexity index is 1130. The molecule has 1 saturated heterocycles. The van der Waals surface area contributed by atoms with Crippen molar-refractivity contribution in [3.05, 3.63) is 40.7 Å². The molecule has 2 aromatic rings. The number of urea groups is 1. The van der Waals surface area contributed by atoms with Gasteiger partial charge in [0.15, 0.2) is 5.03 Å². The van der Waals surface area contributed by atoms with E-state index in [1.165, 1.54) is 17.3 Å². The SMILES string of the molecule is CN1CCN(c2cncc(S(=O)(=O)NC(=O)Nc3c4c(cc5c3CCC5)CCC4)n2)CC1.[K]. The first-order valence-electron chi connectivity index (χ1n) is 11.2. The molecule has 2 aliphatic carbocycles. The average Bonchev–Trinajstić information content (AvgIpc) is 3.43. The molecule has 0 bridgehead atoms. The number of benzene rings is 1. The van der Waals surface area contributed by atoms with E-state index in [-0.39, 0.29) is 56.4 Å². The minimum absolute atomic E-state index is 0. The Labute approximate surface area is 237 Å². The van der Waals surface area contributed by atoms with Crippen LogP contribution in [0.5, 0.6) is 0 Å². The van der Waals surface area contributed by atoms with E-state index < -0.39 is 16.1 Å². The van der Waals surface area contributed by atoms with Gasteiger partial charge in [-0.15, -0.1) is 0 Å². The van der Waals surface area contributed by atoms with Crippen LogP contribution >= 0.6 is 0 Å². The van der Waals surface area contributed by atoms with E-state index in [1.54, 1.807) is 6.20 Å². The molecule has 33 heavy (non-hydrogen) atoms. The molecule has 0 spiro atoms. The van der Waals surface area contributed by atoms with Gasteiger partial charge in [0.25, 0.3) is 10.0 Å². The molecule has 2 amide bonds. The van der Waals surface area contributed by atoms with Crippen LogP contribution in [-0.4, -0.2) is 114 Å². The van der Waals surface area contributed by atoms with Gasteiger partial charge < -0.3 is 15.1 Å². The molecule has 5 rings (SSSR count). The molecule has 171 valence electrons. The first-order valence-corrected chi connectivity index (χ1v) is 12.6. The number of rotatable bonds is 4. The first kappa shape index (κ1) is 25.0. The van der Waals surface area contributed by atoms with Gasteiger partial charge in [0.2, 0.25) is 0 Å². The summed E-state index contributed by atoms with van der Waals surface area (Å²) in [7, 11) is -2.11. The van der Waals surface area contributed by atoms with Crippen LogP contribution in [0.15, 0.2) is 23.5 Å². The van der Waals surface area contributed by atoms with Gasteiger partial charge in [-0.05, 0) is 67.8 Å². The van der Waals surface area contributed by atoms with Crippen LogP contribution in [0.3, 0.4) is 0 Å². The second-order valence-corrected chi connectivity index (χ2v) is 10.4. The summed E-state index contributed by atoms with van der Waals surface area (Å²) < 4.78 is 27.9. The predicted molar refractivity (Wildman–Crippen MR) is 127 cm³/mol. The number of piperazine rings is 1. The van der Waals surface area contributed by atoms with Crippen molar-refractivity contribution in [2.24, 2.45) is 0 Å². The fourth-order valence-corrected chi connectivity index (χ4v) is 5.75. The number of anilines is 2. The van der Waals surface area contributed by atoms with Crippen molar-refractivity contribution in [1.29, 1.82) is 0 Å². The van der Waals surface area contributed by atoms with Crippen molar-refractivity contribution in [2.45, 2.75) is 43.6 Å². The van der Waals surface area contributed by atoms with Crippen molar-refractivity contribution in [3.63, 3.8) is 0 Å². The topological polar surface area (TPSA) is 108 Å². The average molecular weight is 496 g/mol. The van der Waals surface area contributed by atoms with E-state index in [4.69, 9.17) is 0 Å². The quantitative estimate of drug-likeness (QED) is 0.616. The standard InChI is InChI=1S/C22H28N6O3S.K/c1-27-8-10-28(11-9-27)19-13-23-14-20(24-19)32(30,31)26-22(29)25-21-17-6-2-4-15(17)12-16-5-3-7-18(16)21;/h12-14H,2-11H2,1H3,(H2,25,26,29);. The van der Waals surface area contributed by atoms with Gasteiger partial charge in [0.1, 0.15) is 5.82 Å². The van der Waals surface area contributed by atoms with E-state index in [0.29, 0.717) is 5.82 Å². The molecular weight excluding hydrogens is 467 g/mol. The maximum absolute atomic E-state index is 12.9. The van der Waals surface area contributed by atoms with Crippen LogP contribution < -0.4 is 14.9 Å². The Morgan fingerprint density at radius 3 is 2.24 bits per heavy atom. The summed E-state index contributed by atoms with van der Waals surface area (Å²) in [6.45, 7) is 3.22. The molecule has 1 aliphatic heterocycles. The van der Waals surface area contributed by atoms with E-state index in [9.17, 15) is 13.2 Å². The number of nitrogens with one attached hydrogen (secondary N) is 2. The second-order valence-electron chi connectivity index (χ2n) is 8.80. The fraction of sp³-hybridized carbons (Fsp3) is 0.500. The second kappa shape index (κ2) is 10.3. The molecular formula is C22H28KN6O3S. The molecule has 3 aliphatic rings. The van der Waals surface area contributed by atoms with Crippen LogP contribution in [0.25, 0.3) is 0 Å². The molecule has 9 nitrogen and oxygen atoms in total. The van der Waals surface area contributed by atoms with Gasteiger partial charge in [0, 0.05) is 83.3 Å². The Morgan fingerprint density at radius 1 is 0.970 bits per heavy atom. The normalized spacial score (nSPS) is 17.8. The molecule has 1 aromatic carbocycles. The summed E-state index contributed by atoms with van der Waals surface area (Å²) in [6.07, 6.45) is 8.67. The summed E-state index contributed by atoms with van der Waals surface area (Å²) in [6, 6.07) is 1.51. The largest absolute Gasteiger partial charge is 0.353 e. The van der Waals surface area contributed by atoms with Crippen molar-refractivity contribution >= 4 is 78.9 Å². The Balaban J connectivity index is 0.00000259. The number of nitrogens with zero attached hydrogens (tertiary/aromatic N) is 4. The third-order valence-corrected chi connectivity index (χ3v) is 7.84. The smallest absolute Gasteiger partial charge is 0.333 e. The van der Waals surface area contributed by atoms with Crippen molar-refractivity contribution in [1.82, 2.24) is 19.6 Å². The molecule has 11 heteroatoms. The van der Waals surface area contributed by atoms with Crippen molar-refractivity contribution < 1.29 is 13.2 Å².